The van der Waals surface area contributed by atoms with Crippen molar-refractivity contribution in [1.29, 1.82) is 0 Å². The molecule has 0 aliphatic heterocycles. The maximum absolute atomic E-state index is 13.1. The molecule has 2 saturated carbocycles. The molecule has 3 N–H and O–H groups in total. The van der Waals surface area contributed by atoms with Crippen molar-refractivity contribution < 1.29 is 13.2 Å². The predicted octanol–water partition coefficient (Wildman–Crippen LogP) is 4.76. The maximum atomic E-state index is 13.1. The van der Waals surface area contributed by atoms with Gasteiger partial charge in [-0.3, -0.25) is 4.79 Å². The SMILES string of the molecule is O=C(NCC1CCCCC1)[C@H]1CC[C@H](NS(=O)(=O)c2ccc3[nH]c(-c4ccccc4)nc3c2)CC1. The Hall–Kier alpha value is -2.71. The van der Waals surface area contributed by atoms with Crippen LogP contribution in [-0.4, -0.2) is 36.9 Å². The van der Waals surface area contributed by atoms with Crippen LogP contribution in [0.15, 0.2) is 53.4 Å². The third kappa shape index (κ3) is 5.76. The summed E-state index contributed by atoms with van der Waals surface area (Å²) in [6.07, 6.45) is 9.05. The van der Waals surface area contributed by atoms with Crippen LogP contribution >= 0.6 is 0 Å². The van der Waals surface area contributed by atoms with E-state index in [0.29, 0.717) is 42.9 Å². The van der Waals surface area contributed by atoms with E-state index in [-0.39, 0.29) is 22.8 Å². The van der Waals surface area contributed by atoms with Gasteiger partial charge in [-0.25, -0.2) is 18.1 Å². The molecule has 2 aliphatic carbocycles. The number of sulfonamides is 1. The zero-order valence-electron chi connectivity index (χ0n) is 20.0. The fourth-order valence-corrected chi connectivity index (χ4v) is 6.75. The van der Waals surface area contributed by atoms with Crippen molar-refractivity contribution >= 4 is 27.0 Å². The van der Waals surface area contributed by atoms with Crippen LogP contribution in [0.2, 0.25) is 0 Å². The number of aromatic nitrogens is 2. The number of nitrogens with zero attached hydrogens (tertiary/aromatic N) is 1. The Kier molecular flexibility index (Phi) is 7.20. The highest BCUT2D eigenvalue weighted by molar-refractivity contribution is 7.89. The van der Waals surface area contributed by atoms with Gasteiger partial charge in [-0.1, -0.05) is 49.6 Å². The van der Waals surface area contributed by atoms with Crippen LogP contribution in [0.4, 0.5) is 0 Å². The molecule has 2 fully saturated rings. The van der Waals surface area contributed by atoms with E-state index in [1.807, 2.05) is 30.3 Å². The summed E-state index contributed by atoms with van der Waals surface area (Å²) in [4.78, 5) is 20.7. The lowest BCUT2D eigenvalue weighted by molar-refractivity contribution is -0.126. The van der Waals surface area contributed by atoms with Gasteiger partial charge in [0.1, 0.15) is 5.82 Å². The van der Waals surface area contributed by atoms with Gasteiger partial charge < -0.3 is 10.3 Å². The van der Waals surface area contributed by atoms with Crippen molar-refractivity contribution in [3.8, 4) is 11.4 Å². The Labute approximate surface area is 207 Å². The zero-order valence-corrected chi connectivity index (χ0v) is 20.8. The summed E-state index contributed by atoms with van der Waals surface area (Å²) >= 11 is 0. The Morgan fingerprint density at radius 3 is 2.43 bits per heavy atom. The van der Waals surface area contributed by atoms with Gasteiger partial charge in [0.15, 0.2) is 0 Å². The summed E-state index contributed by atoms with van der Waals surface area (Å²) in [5.74, 6) is 1.45. The van der Waals surface area contributed by atoms with Gasteiger partial charge in [-0.15, -0.1) is 0 Å². The largest absolute Gasteiger partial charge is 0.356 e. The van der Waals surface area contributed by atoms with Gasteiger partial charge in [-0.2, -0.15) is 0 Å². The van der Waals surface area contributed by atoms with E-state index in [9.17, 15) is 13.2 Å². The van der Waals surface area contributed by atoms with Gasteiger partial charge in [0.05, 0.1) is 15.9 Å². The summed E-state index contributed by atoms with van der Waals surface area (Å²) in [5.41, 5.74) is 2.36. The first-order valence-corrected chi connectivity index (χ1v) is 14.3. The van der Waals surface area contributed by atoms with Gasteiger partial charge in [0.25, 0.3) is 0 Å². The van der Waals surface area contributed by atoms with Crippen LogP contribution < -0.4 is 10.0 Å². The molecule has 0 bridgehead atoms. The van der Waals surface area contributed by atoms with Gasteiger partial charge in [0, 0.05) is 24.1 Å². The van der Waals surface area contributed by atoms with Gasteiger partial charge in [-0.05, 0) is 62.6 Å². The summed E-state index contributed by atoms with van der Waals surface area (Å²) in [5, 5.41) is 3.15. The molecule has 2 aromatic carbocycles. The highest BCUT2D eigenvalue weighted by atomic mass is 32.2. The number of fused-ring (bicyclic) bond motifs is 1. The number of hydrogen-bond acceptors (Lipinski definition) is 4. The first-order valence-electron chi connectivity index (χ1n) is 12.8. The minimum atomic E-state index is -3.67. The summed E-state index contributed by atoms with van der Waals surface area (Å²) < 4.78 is 29.0. The van der Waals surface area contributed by atoms with Crippen molar-refractivity contribution in [2.45, 2.75) is 68.7 Å². The quantitative estimate of drug-likeness (QED) is 0.440. The van der Waals surface area contributed by atoms with Crippen LogP contribution in [-0.2, 0) is 14.8 Å². The number of carbonyl (C=O) groups is 1. The van der Waals surface area contributed by atoms with E-state index in [1.165, 1.54) is 32.1 Å². The fourth-order valence-electron chi connectivity index (χ4n) is 5.43. The second kappa shape index (κ2) is 10.5. The number of H-pyrrole nitrogens is 1. The van der Waals surface area contributed by atoms with Crippen molar-refractivity contribution in [2.75, 3.05) is 6.54 Å². The van der Waals surface area contributed by atoms with Crippen molar-refractivity contribution in [2.24, 2.45) is 11.8 Å². The molecule has 2 aliphatic rings. The Bertz CT molecular complexity index is 1260. The molecule has 0 saturated heterocycles. The van der Waals surface area contributed by atoms with Crippen LogP contribution in [0, 0.1) is 11.8 Å². The molecule has 0 atom stereocenters. The summed E-state index contributed by atoms with van der Waals surface area (Å²) in [6, 6.07) is 14.6. The van der Waals surface area contributed by atoms with E-state index in [2.05, 4.69) is 20.0 Å². The first-order chi connectivity index (χ1) is 17.0. The van der Waals surface area contributed by atoms with Crippen LogP contribution in [0.25, 0.3) is 22.4 Å². The highest BCUT2D eigenvalue weighted by Crippen LogP contribution is 2.28. The molecule has 1 aromatic heterocycles. The summed E-state index contributed by atoms with van der Waals surface area (Å²) in [7, 11) is -3.67. The average molecular weight is 495 g/mol. The summed E-state index contributed by atoms with van der Waals surface area (Å²) in [6.45, 7) is 0.785. The topological polar surface area (TPSA) is 104 Å². The molecule has 186 valence electrons. The van der Waals surface area contributed by atoms with Crippen LogP contribution in [0.5, 0.6) is 0 Å². The molecule has 1 amide bonds. The van der Waals surface area contributed by atoms with Crippen molar-refractivity contribution in [1.82, 2.24) is 20.0 Å². The molecule has 1 heterocycles. The van der Waals surface area contributed by atoms with E-state index in [4.69, 9.17) is 0 Å². The number of benzene rings is 2. The molecule has 0 spiro atoms. The average Bonchev–Trinajstić information content (AvgIpc) is 3.32. The van der Waals surface area contributed by atoms with E-state index in [1.54, 1.807) is 18.2 Å². The molecular weight excluding hydrogens is 460 g/mol. The second-order valence-electron chi connectivity index (χ2n) is 10.0. The fraction of sp³-hybridized carbons (Fsp3) is 0.481. The van der Waals surface area contributed by atoms with Gasteiger partial charge in [0.2, 0.25) is 15.9 Å². The lowest BCUT2D eigenvalue weighted by Gasteiger charge is -2.29. The lowest BCUT2D eigenvalue weighted by atomic mass is 9.85. The lowest BCUT2D eigenvalue weighted by Crippen LogP contribution is -2.41. The second-order valence-corrected chi connectivity index (χ2v) is 11.8. The van der Waals surface area contributed by atoms with E-state index in [0.717, 1.165) is 17.6 Å². The highest BCUT2D eigenvalue weighted by Gasteiger charge is 2.29. The Balaban J connectivity index is 1.17. The Morgan fingerprint density at radius 1 is 0.943 bits per heavy atom. The number of hydrogen-bond donors (Lipinski definition) is 3. The first kappa shape index (κ1) is 24.0. The number of amides is 1. The van der Waals surface area contributed by atoms with Crippen LogP contribution in [0.1, 0.15) is 57.8 Å². The molecule has 0 unspecified atom stereocenters. The number of imidazole rings is 1. The smallest absolute Gasteiger partial charge is 0.240 e. The number of aromatic amines is 1. The monoisotopic (exact) mass is 494 g/mol. The normalized spacial score (nSPS) is 21.7. The van der Waals surface area contributed by atoms with Gasteiger partial charge >= 0.3 is 0 Å². The third-order valence-corrected chi connectivity index (χ3v) is 9.04. The predicted molar refractivity (Wildman–Crippen MR) is 137 cm³/mol. The zero-order chi connectivity index (χ0) is 24.3. The molecule has 0 radical (unpaired) electrons. The number of carbonyl (C=O) groups excluding carboxylic acids is 1. The molecule has 3 aromatic rings. The van der Waals surface area contributed by atoms with Crippen LogP contribution in [0.3, 0.4) is 0 Å². The van der Waals surface area contributed by atoms with E-state index >= 15 is 0 Å². The van der Waals surface area contributed by atoms with E-state index < -0.39 is 10.0 Å². The standard InChI is InChI=1S/C27H34N4O3S/c32-27(28-18-19-7-3-1-4-8-19)21-11-13-22(14-12-21)31-35(33,34)23-15-16-24-25(17-23)30-26(29-24)20-9-5-2-6-10-20/h2,5-6,9-10,15-17,19,21-22,31H,1,3-4,7-8,11-14,18H2,(H,28,32)(H,29,30)/t21-,22-. The number of rotatable bonds is 7. The third-order valence-electron chi connectivity index (χ3n) is 7.52. The minimum absolute atomic E-state index is 0.0174. The maximum Gasteiger partial charge on any atom is 0.240 e. The molecule has 8 heteroatoms. The Morgan fingerprint density at radius 2 is 1.69 bits per heavy atom. The molecular formula is C27H34N4O3S. The van der Waals surface area contributed by atoms with Crippen molar-refractivity contribution in [3.05, 3.63) is 48.5 Å². The molecule has 5 rings (SSSR count). The number of nitrogens with one attached hydrogen (secondary N) is 3. The molecule has 35 heavy (non-hydrogen) atoms. The molecule has 7 nitrogen and oxygen atoms in total. The minimum Gasteiger partial charge on any atom is -0.356 e. The van der Waals surface area contributed by atoms with Crippen molar-refractivity contribution in [3.63, 3.8) is 0 Å².